The number of nitrogens with zero attached hydrogens (tertiary/aromatic N) is 1. The van der Waals surface area contributed by atoms with E-state index in [1.807, 2.05) is 0 Å². The first-order chi connectivity index (χ1) is 12.3. The molecule has 1 amide bonds. The molecule has 0 radical (unpaired) electrons. The lowest BCUT2D eigenvalue weighted by Gasteiger charge is -2.26. The minimum Gasteiger partial charge on any atom is -0.398 e. The first kappa shape index (κ1) is 18.7. The number of rotatable bonds is 5. The van der Waals surface area contributed by atoms with E-state index in [4.69, 9.17) is 5.73 Å². The van der Waals surface area contributed by atoms with Gasteiger partial charge in [0.2, 0.25) is 5.91 Å². The van der Waals surface area contributed by atoms with E-state index in [2.05, 4.69) is 21.7 Å². The molecule has 1 aliphatic heterocycles. The van der Waals surface area contributed by atoms with Crippen LogP contribution in [-0.2, 0) is 23.9 Å². The number of halogens is 3. The van der Waals surface area contributed by atoms with Crippen LogP contribution in [0.1, 0.15) is 28.8 Å². The van der Waals surface area contributed by atoms with Gasteiger partial charge in [0, 0.05) is 35.8 Å². The summed E-state index contributed by atoms with van der Waals surface area (Å²) in [7, 11) is 0. The molecule has 1 aromatic carbocycles. The van der Waals surface area contributed by atoms with E-state index in [9.17, 15) is 18.0 Å². The molecule has 0 saturated carbocycles. The number of nitrogens with two attached hydrogens (primary N) is 1. The predicted octanol–water partition coefficient (Wildman–Crippen LogP) is 4.13. The number of amides is 1. The number of benzene rings is 1. The molecular weight excluding hydrogens is 363 g/mol. The van der Waals surface area contributed by atoms with Crippen LogP contribution in [-0.4, -0.2) is 23.9 Å². The fourth-order valence-electron chi connectivity index (χ4n) is 3.06. The van der Waals surface area contributed by atoms with Crippen LogP contribution in [0.25, 0.3) is 0 Å². The smallest absolute Gasteiger partial charge is 0.398 e. The minimum atomic E-state index is -4.54. The van der Waals surface area contributed by atoms with E-state index in [1.54, 1.807) is 11.3 Å². The molecule has 0 spiro atoms. The highest BCUT2D eigenvalue weighted by Gasteiger charge is 2.33. The Balaban J connectivity index is 1.48. The van der Waals surface area contributed by atoms with Gasteiger partial charge >= 0.3 is 6.18 Å². The summed E-state index contributed by atoms with van der Waals surface area (Å²) in [6, 6.07) is 5.55. The third kappa shape index (κ3) is 4.56. The maximum absolute atomic E-state index is 12.9. The summed E-state index contributed by atoms with van der Waals surface area (Å²) in [6.45, 7) is 2.66. The van der Waals surface area contributed by atoms with Gasteiger partial charge in [0.1, 0.15) is 0 Å². The summed E-state index contributed by atoms with van der Waals surface area (Å²) in [6.07, 6.45) is -2.59. The van der Waals surface area contributed by atoms with Gasteiger partial charge in [-0.25, -0.2) is 0 Å². The fourth-order valence-corrected chi connectivity index (χ4v) is 3.95. The van der Waals surface area contributed by atoms with E-state index in [-0.39, 0.29) is 23.7 Å². The molecule has 0 unspecified atom stereocenters. The number of carbonyl (C=O) groups excluding carboxylic acids is 1. The first-order valence-corrected chi connectivity index (χ1v) is 9.25. The molecule has 1 aliphatic rings. The molecule has 2 heterocycles. The Morgan fingerprint density at radius 2 is 2.12 bits per heavy atom. The molecule has 1 aromatic heterocycles. The number of fused-ring (bicyclic) bond motifs is 1. The Morgan fingerprint density at radius 1 is 1.31 bits per heavy atom. The number of nitrogen functional groups attached to an aromatic ring is 1. The lowest BCUT2D eigenvalue weighted by atomic mass is 10.1. The van der Waals surface area contributed by atoms with Crippen molar-refractivity contribution in [3.63, 3.8) is 0 Å². The number of hydrogen-bond acceptors (Lipinski definition) is 4. The third-order valence-electron chi connectivity index (χ3n) is 4.41. The van der Waals surface area contributed by atoms with Crippen LogP contribution in [0.3, 0.4) is 0 Å². The second-order valence-corrected chi connectivity index (χ2v) is 7.35. The maximum Gasteiger partial charge on any atom is 0.418 e. The van der Waals surface area contributed by atoms with Crippen LogP contribution in [0.2, 0.25) is 0 Å². The summed E-state index contributed by atoms with van der Waals surface area (Å²) in [5, 5.41) is 4.62. The Bertz CT molecular complexity index is 788. The summed E-state index contributed by atoms with van der Waals surface area (Å²) < 4.78 is 38.6. The predicted molar refractivity (Wildman–Crippen MR) is 97.0 cm³/mol. The topological polar surface area (TPSA) is 58.4 Å². The molecule has 140 valence electrons. The fraction of sp³-hybridized carbons (Fsp3) is 0.389. The number of anilines is 2. The van der Waals surface area contributed by atoms with Crippen LogP contribution in [0, 0.1) is 0 Å². The maximum atomic E-state index is 12.9. The minimum absolute atomic E-state index is 0.109. The van der Waals surface area contributed by atoms with Crippen LogP contribution in [0.15, 0.2) is 29.6 Å². The second kappa shape index (κ2) is 7.67. The first-order valence-electron chi connectivity index (χ1n) is 8.37. The highest BCUT2D eigenvalue weighted by atomic mass is 32.1. The SMILES string of the molecule is Nc1ccc(NC(=O)CCCN2CCc3sccc3C2)cc1C(F)(F)F. The summed E-state index contributed by atoms with van der Waals surface area (Å²) in [4.78, 5) is 15.7. The van der Waals surface area contributed by atoms with E-state index in [0.29, 0.717) is 6.42 Å². The molecule has 0 fully saturated rings. The van der Waals surface area contributed by atoms with Crippen LogP contribution < -0.4 is 11.1 Å². The molecule has 2 aromatic rings. The molecule has 8 heteroatoms. The molecule has 4 nitrogen and oxygen atoms in total. The molecule has 3 N–H and O–H groups in total. The molecule has 0 saturated heterocycles. The van der Waals surface area contributed by atoms with Gasteiger partial charge in [-0.05, 0) is 54.6 Å². The van der Waals surface area contributed by atoms with Crippen LogP contribution in [0.4, 0.5) is 24.5 Å². The highest BCUT2D eigenvalue weighted by Crippen LogP contribution is 2.35. The van der Waals surface area contributed by atoms with Gasteiger partial charge in [-0.3, -0.25) is 9.69 Å². The molecule has 0 atom stereocenters. The van der Waals surface area contributed by atoms with E-state index in [0.717, 1.165) is 38.2 Å². The van der Waals surface area contributed by atoms with E-state index >= 15 is 0 Å². The van der Waals surface area contributed by atoms with Crippen LogP contribution in [0.5, 0.6) is 0 Å². The van der Waals surface area contributed by atoms with Gasteiger partial charge in [0.25, 0.3) is 0 Å². The Morgan fingerprint density at radius 3 is 2.88 bits per heavy atom. The number of hydrogen-bond donors (Lipinski definition) is 2. The van der Waals surface area contributed by atoms with Gasteiger partial charge in [-0.2, -0.15) is 13.2 Å². The van der Waals surface area contributed by atoms with Crippen molar-refractivity contribution in [2.24, 2.45) is 0 Å². The van der Waals surface area contributed by atoms with E-state index < -0.39 is 11.7 Å². The average molecular weight is 383 g/mol. The number of alkyl halides is 3. The van der Waals surface area contributed by atoms with Gasteiger partial charge in [-0.15, -0.1) is 11.3 Å². The van der Waals surface area contributed by atoms with Crippen molar-refractivity contribution in [2.75, 3.05) is 24.1 Å². The van der Waals surface area contributed by atoms with Gasteiger partial charge in [0.05, 0.1) is 5.56 Å². The Hall–Kier alpha value is -2.06. The zero-order chi connectivity index (χ0) is 18.7. The lowest BCUT2D eigenvalue weighted by Crippen LogP contribution is -2.31. The quantitative estimate of drug-likeness (QED) is 0.764. The van der Waals surface area contributed by atoms with E-state index in [1.165, 1.54) is 16.5 Å². The monoisotopic (exact) mass is 383 g/mol. The van der Waals surface area contributed by atoms with Crippen molar-refractivity contribution in [1.82, 2.24) is 4.90 Å². The largest absolute Gasteiger partial charge is 0.418 e. The van der Waals surface area contributed by atoms with Crippen LogP contribution >= 0.6 is 11.3 Å². The van der Waals surface area contributed by atoms with Crippen molar-refractivity contribution in [3.8, 4) is 0 Å². The standard InChI is InChI=1S/C18H20F3N3OS/c19-18(20,21)14-10-13(3-4-15(14)22)23-17(25)2-1-7-24-8-5-16-12(11-24)6-9-26-16/h3-4,6,9-10H,1-2,5,7-8,11,22H2,(H,23,25). The lowest BCUT2D eigenvalue weighted by molar-refractivity contribution is -0.136. The normalized spacial score (nSPS) is 14.9. The van der Waals surface area contributed by atoms with Crippen molar-refractivity contribution in [1.29, 1.82) is 0 Å². The van der Waals surface area contributed by atoms with Gasteiger partial charge < -0.3 is 11.1 Å². The average Bonchev–Trinajstić information content (AvgIpc) is 3.03. The van der Waals surface area contributed by atoms with Gasteiger partial charge in [0.15, 0.2) is 0 Å². The summed E-state index contributed by atoms with van der Waals surface area (Å²) in [5.74, 6) is -0.295. The third-order valence-corrected chi connectivity index (χ3v) is 5.43. The molecule has 3 rings (SSSR count). The molecular formula is C18H20F3N3OS. The molecule has 26 heavy (non-hydrogen) atoms. The van der Waals surface area contributed by atoms with Crippen molar-refractivity contribution < 1.29 is 18.0 Å². The molecule has 0 bridgehead atoms. The number of thiophene rings is 1. The molecule has 0 aliphatic carbocycles. The zero-order valence-electron chi connectivity index (χ0n) is 14.1. The zero-order valence-corrected chi connectivity index (χ0v) is 14.9. The number of carbonyl (C=O) groups is 1. The summed E-state index contributed by atoms with van der Waals surface area (Å²) >= 11 is 1.78. The van der Waals surface area contributed by atoms with Crippen molar-refractivity contribution >= 4 is 28.6 Å². The Kier molecular flexibility index (Phi) is 5.52. The van der Waals surface area contributed by atoms with Gasteiger partial charge in [-0.1, -0.05) is 0 Å². The second-order valence-electron chi connectivity index (χ2n) is 6.35. The number of nitrogens with one attached hydrogen (secondary N) is 1. The van der Waals surface area contributed by atoms with Crippen molar-refractivity contribution in [2.45, 2.75) is 32.0 Å². The van der Waals surface area contributed by atoms with Crippen molar-refractivity contribution in [3.05, 3.63) is 45.6 Å². The Labute approximate surface area is 153 Å². The highest BCUT2D eigenvalue weighted by molar-refractivity contribution is 7.10. The summed E-state index contributed by atoms with van der Waals surface area (Å²) in [5.41, 5.74) is 5.53.